The van der Waals surface area contributed by atoms with Gasteiger partial charge in [0.15, 0.2) is 0 Å². The predicted molar refractivity (Wildman–Crippen MR) is 35.9 cm³/mol. The van der Waals surface area contributed by atoms with Crippen LogP contribution in [0.15, 0.2) is 0 Å². The highest BCUT2D eigenvalue weighted by molar-refractivity contribution is 4.95. The number of likely N-dealkylation sites (tertiary alicyclic amines) is 1. The molecule has 0 radical (unpaired) electrons. The van der Waals surface area contributed by atoms with Crippen LogP contribution >= 0.6 is 0 Å². The molecule has 1 unspecified atom stereocenters. The van der Waals surface area contributed by atoms with Crippen molar-refractivity contribution in [2.45, 2.75) is 25.8 Å². The third kappa shape index (κ3) is 1.22. The molecule has 2 heteroatoms. The number of hydrogen-bond donors (Lipinski definition) is 0. The van der Waals surface area contributed by atoms with Gasteiger partial charge in [0.25, 0.3) is 0 Å². The van der Waals surface area contributed by atoms with Crippen molar-refractivity contribution in [3.8, 4) is 6.07 Å². The summed E-state index contributed by atoms with van der Waals surface area (Å²) in [5.74, 6) is 0. The minimum absolute atomic E-state index is 0.218. The van der Waals surface area contributed by atoms with Crippen molar-refractivity contribution < 1.29 is 0 Å². The minimum Gasteiger partial charge on any atom is -0.288 e. The highest BCUT2D eigenvalue weighted by atomic mass is 15.2. The van der Waals surface area contributed by atoms with Gasteiger partial charge in [0.1, 0.15) is 0 Å². The summed E-state index contributed by atoms with van der Waals surface area (Å²) in [4.78, 5) is 2.22. The van der Waals surface area contributed by atoms with E-state index in [1.165, 1.54) is 6.42 Å². The molecule has 1 saturated heterocycles. The van der Waals surface area contributed by atoms with Crippen LogP contribution in [0.25, 0.3) is 0 Å². The Morgan fingerprint density at radius 2 is 2.56 bits per heavy atom. The van der Waals surface area contributed by atoms with Crippen molar-refractivity contribution in [3.05, 3.63) is 0 Å². The van der Waals surface area contributed by atoms with E-state index in [-0.39, 0.29) is 6.04 Å². The van der Waals surface area contributed by atoms with Crippen LogP contribution < -0.4 is 0 Å². The third-order valence-electron chi connectivity index (χ3n) is 1.92. The van der Waals surface area contributed by atoms with E-state index in [4.69, 9.17) is 5.26 Å². The lowest BCUT2D eigenvalue weighted by Gasteiger charge is -2.14. The van der Waals surface area contributed by atoms with Crippen molar-refractivity contribution in [1.82, 2.24) is 4.90 Å². The Bertz CT molecular complexity index is 125. The normalized spacial score (nSPS) is 28.2. The van der Waals surface area contributed by atoms with E-state index in [1.807, 2.05) is 0 Å². The van der Waals surface area contributed by atoms with E-state index in [0.717, 1.165) is 19.5 Å². The predicted octanol–water partition coefficient (Wildman–Crippen LogP) is 0.994. The van der Waals surface area contributed by atoms with Gasteiger partial charge in [-0.1, -0.05) is 6.92 Å². The summed E-state index contributed by atoms with van der Waals surface area (Å²) < 4.78 is 0. The molecule has 0 aromatic carbocycles. The van der Waals surface area contributed by atoms with Gasteiger partial charge in [0.2, 0.25) is 0 Å². The lowest BCUT2D eigenvalue weighted by molar-refractivity contribution is 0.311. The highest BCUT2D eigenvalue weighted by Crippen LogP contribution is 2.14. The van der Waals surface area contributed by atoms with E-state index in [1.54, 1.807) is 0 Å². The quantitative estimate of drug-likeness (QED) is 0.521. The van der Waals surface area contributed by atoms with Crippen molar-refractivity contribution in [1.29, 1.82) is 5.26 Å². The summed E-state index contributed by atoms with van der Waals surface area (Å²) in [5.41, 5.74) is 0. The molecule has 1 heterocycles. The lowest BCUT2D eigenvalue weighted by Crippen LogP contribution is -2.27. The van der Waals surface area contributed by atoms with Gasteiger partial charge < -0.3 is 0 Å². The van der Waals surface area contributed by atoms with Gasteiger partial charge in [0, 0.05) is 0 Å². The van der Waals surface area contributed by atoms with E-state index < -0.39 is 0 Å². The average Bonchev–Trinajstić information content (AvgIpc) is 2.33. The minimum atomic E-state index is 0.218. The van der Waals surface area contributed by atoms with Gasteiger partial charge in [-0.2, -0.15) is 5.26 Å². The van der Waals surface area contributed by atoms with Crippen LogP contribution in [-0.4, -0.2) is 24.0 Å². The first-order chi connectivity index (χ1) is 4.38. The number of nitriles is 1. The molecule has 0 aromatic rings. The summed E-state index contributed by atoms with van der Waals surface area (Å²) in [7, 11) is 0. The van der Waals surface area contributed by atoms with E-state index in [9.17, 15) is 0 Å². The standard InChI is InChI=1S/C7H12N2/c1-2-9-5-3-4-7(9)6-8/h7H,2-5H2,1H3. The number of rotatable bonds is 1. The smallest absolute Gasteiger partial charge is 0.0978 e. The second kappa shape index (κ2) is 2.84. The summed E-state index contributed by atoms with van der Waals surface area (Å²) in [6, 6.07) is 2.51. The Labute approximate surface area is 56.1 Å². The zero-order valence-electron chi connectivity index (χ0n) is 5.80. The topological polar surface area (TPSA) is 27.0 Å². The molecule has 9 heavy (non-hydrogen) atoms. The van der Waals surface area contributed by atoms with Gasteiger partial charge in [-0.3, -0.25) is 4.90 Å². The fourth-order valence-corrected chi connectivity index (χ4v) is 1.35. The number of nitrogens with zero attached hydrogens (tertiary/aromatic N) is 2. The SMILES string of the molecule is CCN1CCCC1C#N. The molecule has 0 aromatic heterocycles. The van der Waals surface area contributed by atoms with Crippen LogP contribution in [0, 0.1) is 11.3 Å². The maximum absolute atomic E-state index is 8.58. The maximum Gasteiger partial charge on any atom is 0.0978 e. The first-order valence-corrected chi connectivity index (χ1v) is 3.52. The molecule has 2 nitrogen and oxygen atoms in total. The first-order valence-electron chi connectivity index (χ1n) is 3.52. The van der Waals surface area contributed by atoms with E-state index in [2.05, 4.69) is 17.9 Å². The Hall–Kier alpha value is -0.550. The van der Waals surface area contributed by atoms with Crippen LogP contribution in [0.1, 0.15) is 19.8 Å². The number of hydrogen-bond acceptors (Lipinski definition) is 2. The fraction of sp³-hybridized carbons (Fsp3) is 0.857. The molecule has 50 valence electrons. The molecule has 1 aliphatic rings. The van der Waals surface area contributed by atoms with Gasteiger partial charge in [0.05, 0.1) is 12.1 Å². The summed E-state index contributed by atoms with van der Waals surface area (Å²) >= 11 is 0. The van der Waals surface area contributed by atoms with Crippen LogP contribution in [0.4, 0.5) is 0 Å². The second-order valence-corrected chi connectivity index (χ2v) is 2.42. The molecule has 1 fully saturated rings. The molecule has 0 bridgehead atoms. The molecule has 1 rings (SSSR count). The average molecular weight is 124 g/mol. The van der Waals surface area contributed by atoms with Gasteiger partial charge in [-0.25, -0.2) is 0 Å². The maximum atomic E-state index is 8.58. The molecular formula is C7H12N2. The summed E-state index contributed by atoms with van der Waals surface area (Å²) in [6.07, 6.45) is 2.27. The van der Waals surface area contributed by atoms with Crippen LogP contribution in [-0.2, 0) is 0 Å². The van der Waals surface area contributed by atoms with E-state index >= 15 is 0 Å². The fourth-order valence-electron chi connectivity index (χ4n) is 1.35. The molecule has 1 aliphatic heterocycles. The third-order valence-corrected chi connectivity index (χ3v) is 1.92. The van der Waals surface area contributed by atoms with Crippen molar-refractivity contribution in [2.24, 2.45) is 0 Å². The Morgan fingerprint density at radius 3 is 3.00 bits per heavy atom. The molecule has 0 aliphatic carbocycles. The Kier molecular flexibility index (Phi) is 2.07. The van der Waals surface area contributed by atoms with E-state index in [0.29, 0.717) is 0 Å². The lowest BCUT2D eigenvalue weighted by atomic mass is 10.2. The molecule has 0 spiro atoms. The highest BCUT2D eigenvalue weighted by Gasteiger charge is 2.21. The summed E-state index contributed by atoms with van der Waals surface area (Å²) in [6.45, 7) is 4.25. The zero-order valence-corrected chi connectivity index (χ0v) is 5.80. The molecule has 1 atom stereocenters. The summed E-state index contributed by atoms with van der Waals surface area (Å²) in [5, 5.41) is 8.58. The van der Waals surface area contributed by atoms with Gasteiger partial charge in [-0.15, -0.1) is 0 Å². The molecule has 0 saturated carbocycles. The van der Waals surface area contributed by atoms with Gasteiger partial charge >= 0.3 is 0 Å². The zero-order chi connectivity index (χ0) is 6.69. The van der Waals surface area contributed by atoms with Crippen LogP contribution in [0.2, 0.25) is 0 Å². The van der Waals surface area contributed by atoms with Gasteiger partial charge in [-0.05, 0) is 25.9 Å². The Morgan fingerprint density at radius 1 is 1.78 bits per heavy atom. The first kappa shape index (κ1) is 6.57. The molecular weight excluding hydrogens is 112 g/mol. The van der Waals surface area contributed by atoms with Crippen molar-refractivity contribution in [3.63, 3.8) is 0 Å². The molecule has 0 N–H and O–H groups in total. The van der Waals surface area contributed by atoms with Crippen molar-refractivity contribution >= 4 is 0 Å². The van der Waals surface area contributed by atoms with Crippen LogP contribution in [0.5, 0.6) is 0 Å². The largest absolute Gasteiger partial charge is 0.288 e. The van der Waals surface area contributed by atoms with Crippen LogP contribution in [0.3, 0.4) is 0 Å². The van der Waals surface area contributed by atoms with Crippen molar-refractivity contribution in [2.75, 3.05) is 13.1 Å². The molecule has 0 amide bonds. The Balaban J connectivity index is 2.44. The second-order valence-electron chi connectivity index (χ2n) is 2.42. The monoisotopic (exact) mass is 124 g/mol.